The summed E-state index contributed by atoms with van der Waals surface area (Å²) in [4.78, 5) is 4.79. The van der Waals surface area contributed by atoms with Gasteiger partial charge in [0.25, 0.3) is 0 Å². The molecule has 1 aliphatic heterocycles. The van der Waals surface area contributed by atoms with Crippen LogP contribution in [0.3, 0.4) is 0 Å². The van der Waals surface area contributed by atoms with Gasteiger partial charge in [-0.1, -0.05) is 41.4 Å². The number of benzene rings is 2. The first kappa shape index (κ1) is 16.2. The van der Waals surface area contributed by atoms with Crippen molar-refractivity contribution in [2.75, 3.05) is 0 Å². The van der Waals surface area contributed by atoms with Gasteiger partial charge in [-0.25, -0.2) is 0 Å². The van der Waals surface area contributed by atoms with Crippen molar-refractivity contribution in [1.82, 2.24) is 4.57 Å². The van der Waals surface area contributed by atoms with Gasteiger partial charge in [0.1, 0.15) is 11.4 Å². The van der Waals surface area contributed by atoms with Gasteiger partial charge in [0.15, 0.2) is 0 Å². The summed E-state index contributed by atoms with van der Waals surface area (Å²) in [6.45, 7) is 2.85. The minimum absolute atomic E-state index is 0.422. The van der Waals surface area contributed by atoms with Crippen molar-refractivity contribution in [2.24, 2.45) is 10.7 Å². The van der Waals surface area contributed by atoms with E-state index in [9.17, 15) is 0 Å². The highest BCUT2D eigenvalue weighted by Gasteiger charge is 2.32. The van der Waals surface area contributed by atoms with Crippen molar-refractivity contribution < 1.29 is 0 Å². The smallest absolute Gasteiger partial charge is 0.143 e. The Bertz CT molecular complexity index is 970. The van der Waals surface area contributed by atoms with Crippen LogP contribution >= 0.6 is 23.2 Å². The van der Waals surface area contributed by atoms with Gasteiger partial charge < -0.3 is 10.3 Å². The summed E-state index contributed by atoms with van der Waals surface area (Å²) in [6.07, 6.45) is 2.04. The molecule has 126 valence electrons. The Hall–Kier alpha value is -2.23. The Labute approximate surface area is 156 Å². The van der Waals surface area contributed by atoms with E-state index < -0.39 is 5.54 Å². The molecule has 0 bridgehead atoms. The first-order valence-corrected chi connectivity index (χ1v) is 8.78. The van der Waals surface area contributed by atoms with Crippen molar-refractivity contribution in [3.63, 3.8) is 0 Å². The third-order valence-corrected chi connectivity index (χ3v) is 5.05. The molecule has 0 spiro atoms. The van der Waals surface area contributed by atoms with Crippen LogP contribution in [0.1, 0.15) is 18.2 Å². The highest BCUT2D eigenvalue weighted by molar-refractivity contribution is 6.35. The topological polar surface area (TPSA) is 43.3 Å². The molecule has 1 aromatic heterocycles. The molecule has 0 saturated heterocycles. The second-order valence-corrected chi connectivity index (χ2v) is 7.40. The molecule has 2 heterocycles. The molecule has 0 fully saturated rings. The summed E-state index contributed by atoms with van der Waals surface area (Å²) in [6, 6.07) is 17.8. The summed E-state index contributed by atoms with van der Waals surface area (Å²) in [7, 11) is 0. The van der Waals surface area contributed by atoms with Crippen molar-refractivity contribution in [3.8, 4) is 11.1 Å². The van der Waals surface area contributed by atoms with Crippen molar-refractivity contribution in [2.45, 2.75) is 19.0 Å². The molecule has 0 saturated carbocycles. The van der Waals surface area contributed by atoms with Gasteiger partial charge in [0.2, 0.25) is 0 Å². The molecule has 3 nitrogen and oxygen atoms in total. The second-order valence-electron chi connectivity index (χ2n) is 6.53. The molecule has 1 atom stereocenters. The van der Waals surface area contributed by atoms with Gasteiger partial charge >= 0.3 is 0 Å². The van der Waals surface area contributed by atoms with Crippen LogP contribution in [0.25, 0.3) is 11.1 Å². The number of nitrogens with two attached hydrogens (primary N) is 1. The van der Waals surface area contributed by atoms with Crippen LogP contribution < -0.4 is 5.73 Å². The largest absolute Gasteiger partial charge is 0.382 e. The minimum Gasteiger partial charge on any atom is -0.382 e. The molecule has 1 aliphatic rings. The fraction of sp³-hybridized carbons (Fsp3) is 0.150. The fourth-order valence-corrected chi connectivity index (χ4v) is 3.91. The fourth-order valence-electron chi connectivity index (χ4n) is 3.38. The van der Waals surface area contributed by atoms with Gasteiger partial charge in [-0.05, 0) is 60.0 Å². The zero-order chi connectivity index (χ0) is 17.6. The lowest BCUT2D eigenvalue weighted by Crippen LogP contribution is -2.36. The zero-order valence-electron chi connectivity index (χ0n) is 13.7. The minimum atomic E-state index is -0.422. The predicted molar refractivity (Wildman–Crippen MR) is 104 cm³/mol. The Balaban J connectivity index is 1.78. The van der Waals surface area contributed by atoms with Gasteiger partial charge in [0, 0.05) is 16.2 Å². The average molecular weight is 370 g/mol. The monoisotopic (exact) mass is 369 g/mol. The van der Waals surface area contributed by atoms with Crippen LogP contribution in [0.5, 0.6) is 0 Å². The number of fused-ring (bicyclic) bond motifs is 1. The number of amidine groups is 1. The third-order valence-electron chi connectivity index (χ3n) is 4.62. The Morgan fingerprint density at radius 2 is 1.76 bits per heavy atom. The van der Waals surface area contributed by atoms with Crippen LogP contribution in [0.2, 0.25) is 10.0 Å². The Morgan fingerprint density at radius 3 is 2.52 bits per heavy atom. The third kappa shape index (κ3) is 2.94. The molecule has 0 radical (unpaired) electrons. The summed E-state index contributed by atoms with van der Waals surface area (Å²) < 4.78 is 2.14. The molecular weight excluding hydrogens is 353 g/mol. The predicted octanol–water partition coefficient (Wildman–Crippen LogP) is 5.10. The van der Waals surface area contributed by atoms with E-state index in [4.69, 9.17) is 33.9 Å². The second kappa shape index (κ2) is 5.94. The van der Waals surface area contributed by atoms with E-state index in [1.165, 1.54) is 0 Å². The first-order chi connectivity index (χ1) is 11.9. The van der Waals surface area contributed by atoms with Crippen LogP contribution in [0.15, 0.2) is 65.8 Å². The van der Waals surface area contributed by atoms with Gasteiger partial charge in [-0.15, -0.1) is 0 Å². The average Bonchev–Trinajstić information content (AvgIpc) is 3.02. The summed E-state index contributed by atoms with van der Waals surface area (Å²) in [5.41, 5.74) is 9.87. The number of rotatable bonds is 2. The van der Waals surface area contributed by atoms with Gasteiger partial charge in [-0.3, -0.25) is 4.99 Å². The maximum absolute atomic E-state index is 6.19. The molecular formula is C20H17Cl2N3. The number of aliphatic imine (C=N–C) groups is 1. The molecule has 1 unspecified atom stereocenters. The van der Waals surface area contributed by atoms with Crippen LogP contribution in [-0.2, 0) is 12.1 Å². The lowest BCUT2D eigenvalue weighted by Gasteiger charge is -2.32. The maximum Gasteiger partial charge on any atom is 0.143 e. The molecule has 25 heavy (non-hydrogen) atoms. The molecule has 0 aliphatic carbocycles. The molecule has 2 aromatic carbocycles. The number of hydrogen-bond acceptors (Lipinski definition) is 2. The number of aromatic nitrogens is 1. The van der Waals surface area contributed by atoms with Crippen molar-refractivity contribution in [3.05, 3.63) is 82.1 Å². The van der Waals surface area contributed by atoms with Crippen molar-refractivity contribution in [1.29, 1.82) is 0 Å². The van der Waals surface area contributed by atoms with Crippen LogP contribution in [0.4, 0.5) is 0 Å². The van der Waals surface area contributed by atoms with Gasteiger partial charge in [-0.2, -0.15) is 0 Å². The lowest BCUT2D eigenvalue weighted by molar-refractivity contribution is 0.402. The lowest BCUT2D eigenvalue weighted by atomic mass is 9.89. The van der Waals surface area contributed by atoms with E-state index in [1.54, 1.807) is 6.07 Å². The number of hydrogen-bond donors (Lipinski definition) is 1. The van der Waals surface area contributed by atoms with E-state index in [0.717, 1.165) is 28.9 Å². The van der Waals surface area contributed by atoms with E-state index in [0.29, 0.717) is 15.9 Å². The summed E-state index contributed by atoms with van der Waals surface area (Å²) in [5, 5.41) is 1.24. The van der Waals surface area contributed by atoms with Crippen molar-refractivity contribution >= 4 is 29.0 Å². The van der Waals surface area contributed by atoms with E-state index in [-0.39, 0.29) is 0 Å². The van der Waals surface area contributed by atoms with E-state index >= 15 is 0 Å². The standard InChI is InChI=1S/C20H17Cl2N3/c1-20(12-25-7-3-6-18(25)19(23)24-20)15-5-2-4-13(8-15)14-9-16(21)11-17(22)10-14/h2-11H,12H2,1H3,(H2,23,24). The molecule has 5 heteroatoms. The van der Waals surface area contributed by atoms with Crippen LogP contribution in [-0.4, -0.2) is 10.4 Å². The molecule has 4 rings (SSSR count). The quantitative estimate of drug-likeness (QED) is 0.670. The van der Waals surface area contributed by atoms with E-state index in [2.05, 4.69) is 23.6 Å². The summed E-state index contributed by atoms with van der Waals surface area (Å²) >= 11 is 12.3. The normalized spacial score (nSPS) is 19.4. The highest BCUT2D eigenvalue weighted by Crippen LogP contribution is 2.35. The maximum atomic E-state index is 6.19. The zero-order valence-corrected chi connectivity index (χ0v) is 15.2. The number of halogens is 2. The first-order valence-electron chi connectivity index (χ1n) is 8.02. The molecule has 0 amide bonds. The Kier molecular flexibility index (Phi) is 3.86. The Morgan fingerprint density at radius 1 is 1.00 bits per heavy atom. The SMILES string of the molecule is CC1(c2cccc(-c3cc(Cl)cc(Cl)c3)c2)Cn2cccc2C(N)=N1. The van der Waals surface area contributed by atoms with E-state index in [1.807, 2.05) is 42.6 Å². The van der Waals surface area contributed by atoms with Crippen LogP contribution in [0, 0.1) is 0 Å². The number of nitrogens with zero attached hydrogens (tertiary/aromatic N) is 2. The summed E-state index contributed by atoms with van der Waals surface area (Å²) in [5.74, 6) is 0.565. The van der Waals surface area contributed by atoms with Gasteiger partial charge in [0.05, 0.1) is 12.2 Å². The highest BCUT2D eigenvalue weighted by atomic mass is 35.5. The molecule has 3 aromatic rings. The molecule has 2 N–H and O–H groups in total.